The summed E-state index contributed by atoms with van der Waals surface area (Å²) in [5, 5.41) is 0. The van der Waals surface area contributed by atoms with Crippen molar-refractivity contribution < 1.29 is 13.9 Å². The van der Waals surface area contributed by atoms with Crippen molar-refractivity contribution in [3.8, 4) is 11.1 Å². The molecule has 2 aromatic heterocycles. The molecular weight excluding hydrogens is 290 g/mol. The molecule has 0 fully saturated rings. The molecule has 0 aliphatic rings. The van der Waals surface area contributed by atoms with Crippen LogP contribution in [0.1, 0.15) is 21.9 Å². The Bertz CT molecular complexity index is 776. The highest BCUT2D eigenvalue weighted by Crippen LogP contribution is 2.19. The summed E-state index contributed by atoms with van der Waals surface area (Å²) in [7, 11) is 0. The van der Waals surface area contributed by atoms with E-state index in [1.54, 1.807) is 24.5 Å². The van der Waals surface area contributed by atoms with Crippen LogP contribution in [0.4, 0.5) is 0 Å². The van der Waals surface area contributed by atoms with Gasteiger partial charge in [0.2, 0.25) is 0 Å². The molecule has 0 aliphatic heterocycles. The summed E-state index contributed by atoms with van der Waals surface area (Å²) in [6.07, 6.45) is 4.07. The highest BCUT2D eigenvalue weighted by Gasteiger charge is 2.08. The molecule has 0 amide bonds. The van der Waals surface area contributed by atoms with Crippen LogP contribution >= 0.6 is 0 Å². The number of hydrogen-bond donors (Lipinski definition) is 0. The van der Waals surface area contributed by atoms with Gasteiger partial charge in [0.25, 0.3) is 0 Å². The minimum absolute atomic E-state index is 0.303. The van der Waals surface area contributed by atoms with Crippen molar-refractivity contribution in [2.24, 2.45) is 0 Å². The second-order valence-corrected chi connectivity index (χ2v) is 5.21. The van der Waals surface area contributed by atoms with Crippen molar-refractivity contribution >= 4 is 5.97 Å². The number of ether oxygens (including phenoxy) is 1. The van der Waals surface area contributed by atoms with Crippen molar-refractivity contribution in [1.29, 1.82) is 0 Å². The number of rotatable bonds is 5. The molecule has 0 saturated heterocycles. The summed E-state index contributed by atoms with van der Waals surface area (Å²) in [6, 6.07) is 15.0. The molecule has 0 N–H and O–H groups in total. The van der Waals surface area contributed by atoms with Crippen molar-refractivity contribution in [1.82, 2.24) is 4.98 Å². The predicted octanol–water partition coefficient (Wildman–Crippen LogP) is 4.05. The number of furan rings is 1. The third-order valence-electron chi connectivity index (χ3n) is 3.51. The summed E-state index contributed by atoms with van der Waals surface area (Å²) >= 11 is 0. The van der Waals surface area contributed by atoms with E-state index in [0.29, 0.717) is 18.6 Å². The predicted molar refractivity (Wildman–Crippen MR) is 87.1 cm³/mol. The van der Waals surface area contributed by atoms with E-state index in [0.717, 1.165) is 22.6 Å². The van der Waals surface area contributed by atoms with E-state index < -0.39 is 0 Å². The number of aryl methyl sites for hydroxylation is 1. The number of pyridine rings is 1. The number of carbonyl (C=O) groups excluding carboxylic acids is 1. The molecule has 4 nitrogen and oxygen atoms in total. The normalized spacial score (nSPS) is 10.5. The zero-order valence-electron chi connectivity index (χ0n) is 12.9. The standard InChI is InChI=1S/C19H17NO3/c1-14-2-7-18(23-14)10-13-22-19(21)17-5-3-15(4-6-17)16-8-11-20-12-9-16/h2-9,11-12H,10,13H2,1H3. The second-order valence-electron chi connectivity index (χ2n) is 5.21. The molecule has 0 spiro atoms. The Balaban J connectivity index is 1.57. The maximum atomic E-state index is 12.0. The average molecular weight is 307 g/mol. The van der Waals surface area contributed by atoms with E-state index in [2.05, 4.69) is 4.98 Å². The van der Waals surface area contributed by atoms with Crippen molar-refractivity contribution in [2.45, 2.75) is 13.3 Å². The number of esters is 1. The van der Waals surface area contributed by atoms with Gasteiger partial charge in [-0.15, -0.1) is 0 Å². The van der Waals surface area contributed by atoms with E-state index in [9.17, 15) is 4.79 Å². The van der Waals surface area contributed by atoms with Crippen LogP contribution in [0.15, 0.2) is 65.3 Å². The van der Waals surface area contributed by atoms with E-state index in [1.165, 1.54) is 0 Å². The van der Waals surface area contributed by atoms with Crippen molar-refractivity contribution in [2.75, 3.05) is 6.61 Å². The van der Waals surface area contributed by atoms with Gasteiger partial charge in [-0.1, -0.05) is 12.1 Å². The Labute approximate surface area is 134 Å². The van der Waals surface area contributed by atoms with Gasteiger partial charge in [-0.3, -0.25) is 4.98 Å². The molecule has 0 aliphatic carbocycles. The highest BCUT2D eigenvalue weighted by atomic mass is 16.5. The van der Waals surface area contributed by atoms with Crippen LogP contribution in [0.5, 0.6) is 0 Å². The summed E-state index contributed by atoms with van der Waals surface area (Å²) < 4.78 is 10.7. The fourth-order valence-electron chi connectivity index (χ4n) is 2.29. The van der Waals surface area contributed by atoms with Gasteiger partial charge in [-0.25, -0.2) is 4.79 Å². The lowest BCUT2D eigenvalue weighted by Crippen LogP contribution is -2.07. The van der Waals surface area contributed by atoms with Gasteiger partial charge in [0, 0.05) is 18.8 Å². The quantitative estimate of drug-likeness (QED) is 0.667. The summed E-state index contributed by atoms with van der Waals surface area (Å²) in [4.78, 5) is 16.0. The number of nitrogens with zero attached hydrogens (tertiary/aromatic N) is 1. The molecule has 23 heavy (non-hydrogen) atoms. The SMILES string of the molecule is Cc1ccc(CCOC(=O)c2ccc(-c3ccncc3)cc2)o1. The van der Waals surface area contributed by atoms with Gasteiger partial charge in [-0.05, 0) is 54.4 Å². The fourth-order valence-corrected chi connectivity index (χ4v) is 2.29. The van der Waals surface area contributed by atoms with Gasteiger partial charge >= 0.3 is 5.97 Å². The monoisotopic (exact) mass is 307 g/mol. The Morgan fingerprint density at radius 3 is 2.35 bits per heavy atom. The van der Waals surface area contributed by atoms with Crippen LogP contribution in [-0.2, 0) is 11.2 Å². The highest BCUT2D eigenvalue weighted by molar-refractivity contribution is 5.90. The van der Waals surface area contributed by atoms with Crippen LogP contribution < -0.4 is 0 Å². The van der Waals surface area contributed by atoms with Gasteiger partial charge in [0.05, 0.1) is 12.2 Å². The second kappa shape index (κ2) is 6.92. The summed E-state index contributed by atoms with van der Waals surface area (Å²) in [5.74, 6) is 1.36. The Hall–Kier alpha value is -2.88. The van der Waals surface area contributed by atoms with Gasteiger partial charge in [0.15, 0.2) is 0 Å². The van der Waals surface area contributed by atoms with Crippen molar-refractivity contribution in [3.05, 3.63) is 78.0 Å². The van der Waals surface area contributed by atoms with Crippen molar-refractivity contribution in [3.63, 3.8) is 0 Å². The molecule has 3 rings (SSSR count). The van der Waals surface area contributed by atoms with Crippen LogP contribution in [-0.4, -0.2) is 17.6 Å². The topological polar surface area (TPSA) is 52.3 Å². The third-order valence-corrected chi connectivity index (χ3v) is 3.51. The van der Waals surface area contributed by atoms with E-state index >= 15 is 0 Å². The zero-order chi connectivity index (χ0) is 16.1. The molecule has 1 aromatic carbocycles. The number of hydrogen-bond acceptors (Lipinski definition) is 4. The minimum Gasteiger partial charge on any atom is -0.466 e. The largest absolute Gasteiger partial charge is 0.466 e. The number of carbonyl (C=O) groups is 1. The van der Waals surface area contributed by atoms with E-state index in [4.69, 9.17) is 9.15 Å². The molecular formula is C19H17NO3. The first-order chi connectivity index (χ1) is 11.2. The summed E-state index contributed by atoms with van der Waals surface area (Å²) in [5.41, 5.74) is 2.64. The van der Waals surface area contributed by atoms with Gasteiger partial charge in [-0.2, -0.15) is 0 Å². The average Bonchev–Trinajstić information content (AvgIpc) is 3.01. The smallest absolute Gasteiger partial charge is 0.338 e. The Morgan fingerprint density at radius 2 is 1.70 bits per heavy atom. The van der Waals surface area contributed by atoms with Crippen LogP contribution in [0, 0.1) is 6.92 Å². The third kappa shape index (κ3) is 3.86. The maximum absolute atomic E-state index is 12.0. The zero-order valence-corrected chi connectivity index (χ0v) is 12.9. The van der Waals surface area contributed by atoms with Crippen LogP contribution in [0.25, 0.3) is 11.1 Å². The van der Waals surface area contributed by atoms with Gasteiger partial charge < -0.3 is 9.15 Å². The first-order valence-electron chi connectivity index (χ1n) is 7.45. The molecule has 2 heterocycles. The van der Waals surface area contributed by atoms with Gasteiger partial charge in [0.1, 0.15) is 11.5 Å². The molecule has 4 heteroatoms. The fraction of sp³-hybridized carbons (Fsp3) is 0.158. The molecule has 0 saturated carbocycles. The molecule has 0 bridgehead atoms. The Morgan fingerprint density at radius 1 is 1.00 bits per heavy atom. The lowest BCUT2D eigenvalue weighted by Gasteiger charge is -2.05. The molecule has 0 unspecified atom stereocenters. The van der Waals surface area contributed by atoms with Crippen LogP contribution in [0.3, 0.4) is 0 Å². The minimum atomic E-state index is -0.324. The van der Waals surface area contributed by atoms with E-state index in [1.807, 2.05) is 43.3 Å². The number of aromatic nitrogens is 1. The number of benzene rings is 1. The first kappa shape index (κ1) is 15.0. The van der Waals surface area contributed by atoms with E-state index in [-0.39, 0.29) is 5.97 Å². The maximum Gasteiger partial charge on any atom is 0.338 e. The molecule has 0 radical (unpaired) electrons. The lowest BCUT2D eigenvalue weighted by atomic mass is 10.1. The Kier molecular flexibility index (Phi) is 4.52. The molecule has 0 atom stereocenters. The first-order valence-corrected chi connectivity index (χ1v) is 7.45. The molecule has 116 valence electrons. The molecule has 3 aromatic rings. The van der Waals surface area contributed by atoms with Crippen LogP contribution in [0.2, 0.25) is 0 Å². The summed E-state index contributed by atoms with van der Waals surface area (Å²) in [6.45, 7) is 2.19. The lowest BCUT2D eigenvalue weighted by molar-refractivity contribution is 0.0504.